The summed E-state index contributed by atoms with van der Waals surface area (Å²) in [6.07, 6.45) is 0. The van der Waals surface area contributed by atoms with E-state index in [1.807, 2.05) is 45.0 Å². The Labute approximate surface area is 174 Å². The average Bonchev–Trinajstić information content (AvgIpc) is 2.65. The molecule has 7 heteroatoms. The van der Waals surface area contributed by atoms with Gasteiger partial charge in [-0.2, -0.15) is 0 Å². The molecule has 0 aromatic heterocycles. The van der Waals surface area contributed by atoms with Crippen molar-refractivity contribution in [2.24, 2.45) is 4.99 Å². The molecule has 6 nitrogen and oxygen atoms in total. The average molecular weight is 417 g/mol. The molecule has 0 heterocycles. The predicted molar refractivity (Wildman–Crippen MR) is 120 cm³/mol. The zero-order valence-corrected chi connectivity index (χ0v) is 18.5. The monoisotopic (exact) mass is 416 g/mol. The van der Waals surface area contributed by atoms with Crippen LogP contribution in [0.2, 0.25) is 0 Å². The molecule has 3 N–H and O–H groups in total. The highest BCUT2D eigenvalue weighted by atomic mass is 32.2. The molecule has 0 aliphatic heterocycles. The van der Waals surface area contributed by atoms with E-state index in [0.717, 1.165) is 23.6 Å². The van der Waals surface area contributed by atoms with Gasteiger partial charge in [-0.3, -0.25) is 0 Å². The third-order valence-corrected chi connectivity index (χ3v) is 5.68. The van der Waals surface area contributed by atoms with Gasteiger partial charge in [0.05, 0.1) is 12.3 Å². The highest BCUT2D eigenvalue weighted by Gasteiger charge is 2.12. The summed E-state index contributed by atoms with van der Waals surface area (Å²) in [4.78, 5) is 4.62. The molecule has 0 radical (unpaired) electrons. The van der Waals surface area contributed by atoms with Gasteiger partial charge in [-0.05, 0) is 44.4 Å². The van der Waals surface area contributed by atoms with E-state index in [-0.39, 0.29) is 11.8 Å². The Morgan fingerprint density at radius 3 is 2.10 bits per heavy atom. The van der Waals surface area contributed by atoms with Crippen LogP contribution in [0.5, 0.6) is 0 Å². The number of hydrogen-bond acceptors (Lipinski definition) is 3. The molecule has 29 heavy (non-hydrogen) atoms. The molecule has 2 rings (SSSR count). The van der Waals surface area contributed by atoms with Crippen LogP contribution in [0.3, 0.4) is 0 Å². The molecule has 0 spiro atoms. The minimum Gasteiger partial charge on any atom is -0.357 e. The molecular formula is C22H32N4O2S. The number of hydrogen-bond donors (Lipinski definition) is 3. The van der Waals surface area contributed by atoms with Crippen LogP contribution >= 0.6 is 0 Å². The lowest BCUT2D eigenvalue weighted by Gasteiger charge is -2.12. The molecule has 0 atom stereocenters. The number of nitrogens with one attached hydrogen (secondary N) is 3. The minimum absolute atomic E-state index is 0.0184. The van der Waals surface area contributed by atoms with Crippen LogP contribution in [0.4, 0.5) is 0 Å². The second-order valence-electron chi connectivity index (χ2n) is 7.38. The second kappa shape index (κ2) is 11.0. The number of sulfonamides is 1. The molecule has 158 valence electrons. The number of benzene rings is 2. The molecule has 0 saturated heterocycles. The van der Waals surface area contributed by atoms with Crippen molar-refractivity contribution in [1.82, 2.24) is 15.4 Å². The highest BCUT2D eigenvalue weighted by Crippen LogP contribution is 2.09. The topological polar surface area (TPSA) is 82.6 Å². The van der Waals surface area contributed by atoms with Crippen molar-refractivity contribution in [2.45, 2.75) is 52.6 Å². The third kappa shape index (κ3) is 8.66. The van der Waals surface area contributed by atoms with E-state index in [2.05, 4.69) is 51.5 Å². The van der Waals surface area contributed by atoms with E-state index >= 15 is 0 Å². The van der Waals surface area contributed by atoms with Crippen LogP contribution in [0.15, 0.2) is 53.5 Å². The summed E-state index contributed by atoms with van der Waals surface area (Å²) in [5.41, 5.74) is 4.22. The van der Waals surface area contributed by atoms with Gasteiger partial charge in [0.25, 0.3) is 0 Å². The smallest absolute Gasteiger partial charge is 0.216 e. The van der Waals surface area contributed by atoms with Gasteiger partial charge in [-0.15, -0.1) is 0 Å². The van der Waals surface area contributed by atoms with Crippen molar-refractivity contribution >= 4 is 16.0 Å². The van der Waals surface area contributed by atoms with E-state index in [0.29, 0.717) is 13.1 Å². The maximum Gasteiger partial charge on any atom is 0.216 e. The summed E-state index contributed by atoms with van der Waals surface area (Å²) >= 11 is 0. The Morgan fingerprint density at radius 1 is 0.931 bits per heavy atom. The number of aryl methyl sites for hydroxylation is 1. The van der Waals surface area contributed by atoms with Crippen molar-refractivity contribution in [2.75, 3.05) is 6.54 Å². The van der Waals surface area contributed by atoms with Crippen LogP contribution in [0.25, 0.3) is 0 Å². The van der Waals surface area contributed by atoms with Crippen LogP contribution in [-0.4, -0.2) is 27.0 Å². The van der Waals surface area contributed by atoms with E-state index in [1.165, 1.54) is 11.1 Å². The van der Waals surface area contributed by atoms with Crippen molar-refractivity contribution in [3.8, 4) is 0 Å². The lowest BCUT2D eigenvalue weighted by atomic mass is 10.1. The second-order valence-corrected chi connectivity index (χ2v) is 9.14. The lowest BCUT2D eigenvalue weighted by molar-refractivity contribution is 0.569. The summed E-state index contributed by atoms with van der Waals surface area (Å²) in [6.45, 7) is 9.72. The molecule has 0 saturated carbocycles. The van der Waals surface area contributed by atoms with Gasteiger partial charge in [-0.1, -0.05) is 54.1 Å². The molecule has 0 unspecified atom stereocenters. The maximum atomic E-state index is 12.0. The minimum atomic E-state index is -3.31. The summed E-state index contributed by atoms with van der Waals surface area (Å²) in [5, 5.41) is 6.58. The maximum absolute atomic E-state index is 12.0. The van der Waals surface area contributed by atoms with Gasteiger partial charge in [0.1, 0.15) is 0 Å². The van der Waals surface area contributed by atoms with Crippen LogP contribution in [0, 0.1) is 6.92 Å². The van der Waals surface area contributed by atoms with Crippen LogP contribution in [0.1, 0.15) is 43.0 Å². The van der Waals surface area contributed by atoms with Crippen molar-refractivity contribution < 1.29 is 8.42 Å². The summed E-state index contributed by atoms with van der Waals surface area (Å²) in [5.74, 6) is 0.732. The molecule has 0 fully saturated rings. The van der Waals surface area contributed by atoms with Gasteiger partial charge < -0.3 is 10.6 Å². The van der Waals surface area contributed by atoms with Gasteiger partial charge >= 0.3 is 0 Å². The Kier molecular flexibility index (Phi) is 8.67. The number of guanidine groups is 1. The van der Waals surface area contributed by atoms with Gasteiger partial charge in [0.15, 0.2) is 5.96 Å². The summed E-state index contributed by atoms with van der Waals surface area (Å²) in [6, 6.07) is 15.8. The zero-order chi connectivity index (χ0) is 21.3. The Hall–Kier alpha value is -2.38. The first-order valence-electron chi connectivity index (χ1n) is 9.93. The first kappa shape index (κ1) is 22.9. The van der Waals surface area contributed by atoms with E-state index in [9.17, 15) is 8.42 Å². The fourth-order valence-electron chi connectivity index (χ4n) is 2.76. The quantitative estimate of drug-likeness (QED) is 0.433. The third-order valence-electron chi connectivity index (χ3n) is 4.14. The normalized spacial score (nSPS) is 12.2. The Bertz CT molecular complexity index is 889. The SMILES string of the molecule is CCNC(=NCc1ccc(CS(=O)(=O)NC(C)C)cc1)NCc1ccc(C)cc1. The highest BCUT2D eigenvalue weighted by molar-refractivity contribution is 7.88. The molecule has 0 bridgehead atoms. The predicted octanol–water partition coefficient (Wildman–Crippen LogP) is 3.08. The van der Waals surface area contributed by atoms with Crippen LogP contribution < -0.4 is 15.4 Å². The molecule has 0 amide bonds. The number of rotatable bonds is 9. The van der Waals surface area contributed by atoms with Crippen molar-refractivity contribution in [1.29, 1.82) is 0 Å². The fraction of sp³-hybridized carbons (Fsp3) is 0.409. The van der Waals surface area contributed by atoms with Crippen molar-refractivity contribution in [3.63, 3.8) is 0 Å². The molecule has 0 aliphatic rings. The first-order valence-corrected chi connectivity index (χ1v) is 11.6. The van der Waals surface area contributed by atoms with E-state index < -0.39 is 10.0 Å². The summed E-state index contributed by atoms with van der Waals surface area (Å²) in [7, 11) is -3.31. The fourth-order valence-corrected chi connectivity index (χ4v) is 4.20. The number of aliphatic imine (C=N–C) groups is 1. The van der Waals surface area contributed by atoms with Gasteiger partial charge in [0, 0.05) is 19.1 Å². The van der Waals surface area contributed by atoms with E-state index in [4.69, 9.17) is 0 Å². The molecular weight excluding hydrogens is 384 g/mol. The van der Waals surface area contributed by atoms with Crippen LogP contribution in [-0.2, 0) is 28.9 Å². The Balaban J connectivity index is 1.95. The molecule has 2 aromatic carbocycles. The van der Waals surface area contributed by atoms with Crippen molar-refractivity contribution in [3.05, 3.63) is 70.8 Å². The lowest BCUT2D eigenvalue weighted by Crippen LogP contribution is -2.36. The Morgan fingerprint density at radius 2 is 1.52 bits per heavy atom. The number of nitrogens with zero attached hydrogens (tertiary/aromatic N) is 1. The van der Waals surface area contributed by atoms with Gasteiger partial charge in [0.2, 0.25) is 10.0 Å². The molecule has 0 aliphatic carbocycles. The van der Waals surface area contributed by atoms with E-state index in [1.54, 1.807) is 0 Å². The standard InChI is InChI=1S/C22H32N4O2S/c1-5-23-22(24-14-19-8-6-18(4)7-9-19)25-15-20-10-12-21(13-11-20)16-29(27,28)26-17(2)3/h6-13,17,26H,5,14-16H2,1-4H3,(H2,23,24,25). The van der Waals surface area contributed by atoms with Gasteiger partial charge in [-0.25, -0.2) is 18.1 Å². The summed E-state index contributed by atoms with van der Waals surface area (Å²) < 4.78 is 26.7. The zero-order valence-electron chi connectivity index (χ0n) is 17.7. The first-order chi connectivity index (χ1) is 13.8. The largest absolute Gasteiger partial charge is 0.357 e. The molecule has 2 aromatic rings.